The molecule has 0 radical (unpaired) electrons. The largest absolute Gasteiger partial charge is 0.454 e. The topological polar surface area (TPSA) is 91.1 Å². The van der Waals surface area contributed by atoms with E-state index in [1.54, 1.807) is 0 Å². The van der Waals surface area contributed by atoms with Gasteiger partial charge in [-0.3, -0.25) is 19.3 Å². The van der Waals surface area contributed by atoms with Crippen molar-refractivity contribution in [3.8, 4) is 0 Å². The van der Waals surface area contributed by atoms with E-state index in [4.69, 9.17) is 18.0 Å². The molecule has 0 amide bonds. The molecule has 8 atom stereocenters. The van der Waals surface area contributed by atoms with Crippen LogP contribution in [0.25, 0.3) is 0 Å². The van der Waals surface area contributed by atoms with Gasteiger partial charge in [0.05, 0.1) is 18.6 Å². The predicted octanol–water partition coefficient (Wildman–Crippen LogP) is 10.6. The lowest BCUT2D eigenvalue weighted by Crippen LogP contribution is -2.53. The normalized spacial score (nSPS) is 31.2. The Morgan fingerprint density at radius 2 is 1.40 bits per heavy atom. The van der Waals surface area contributed by atoms with E-state index in [0.29, 0.717) is 13.0 Å². The molecule has 2 aliphatic rings. The fraction of sp³-hybridized carbons (Fsp3) is 0.929. The van der Waals surface area contributed by atoms with E-state index in [2.05, 4.69) is 101 Å². The van der Waals surface area contributed by atoms with Crippen molar-refractivity contribution < 1.29 is 32.4 Å². The summed E-state index contributed by atoms with van der Waals surface area (Å²) in [4.78, 5) is 44.6. The van der Waals surface area contributed by atoms with Crippen molar-refractivity contribution in [3.63, 3.8) is 0 Å². The molecule has 0 bridgehead atoms. The first-order chi connectivity index (χ1) is 24.4. The third kappa shape index (κ3) is 11.5. The minimum Gasteiger partial charge on any atom is -0.454 e. The highest BCUT2D eigenvalue weighted by atomic mass is 28.4. The molecule has 2 saturated heterocycles. The van der Waals surface area contributed by atoms with Gasteiger partial charge in [-0.1, -0.05) is 96.4 Å². The number of rotatable bonds is 15. The van der Waals surface area contributed by atoms with Gasteiger partial charge in [0.25, 0.3) is 0 Å². The Morgan fingerprint density at radius 1 is 0.887 bits per heavy atom. The van der Waals surface area contributed by atoms with E-state index in [9.17, 15) is 14.4 Å². The number of cyclic esters (lactones) is 1. The number of fused-ring (bicyclic) bond motifs is 1. The molecule has 310 valence electrons. The Kier molecular flexibility index (Phi) is 17.5. The second kappa shape index (κ2) is 19.2. The van der Waals surface area contributed by atoms with Gasteiger partial charge in [0.2, 0.25) is 0 Å². The van der Waals surface area contributed by atoms with Gasteiger partial charge in [0.1, 0.15) is 5.78 Å². The van der Waals surface area contributed by atoms with Gasteiger partial charge in [0.15, 0.2) is 36.8 Å². The number of Topliss-reactive ketones (excluding diaryl/α,β-unsaturated/α-hetero) is 2. The first-order valence-corrected chi connectivity index (χ1v) is 29.4. The van der Waals surface area contributed by atoms with Crippen molar-refractivity contribution in [2.75, 3.05) is 13.2 Å². The van der Waals surface area contributed by atoms with E-state index in [0.717, 1.165) is 62.1 Å². The molecule has 0 saturated carbocycles. The zero-order valence-corrected chi connectivity index (χ0v) is 40.5. The number of ketones is 2. The summed E-state index contributed by atoms with van der Waals surface area (Å²) in [5.74, 6) is -0.716. The highest BCUT2D eigenvalue weighted by Gasteiger charge is 2.59. The Hall–Kier alpha value is -0.699. The minimum absolute atomic E-state index is 0.0609. The average Bonchev–Trinajstić information content (AvgIpc) is 3.64. The monoisotopic (exact) mass is 798 g/mol. The summed E-state index contributed by atoms with van der Waals surface area (Å²) in [5, 5.41) is 0.122. The molecule has 2 unspecified atom stereocenters. The lowest BCUT2D eigenvalue weighted by atomic mass is 9.73. The van der Waals surface area contributed by atoms with Crippen LogP contribution in [-0.2, 0) is 32.4 Å². The Bertz CT molecular complexity index is 1190. The molecule has 0 N–H and O–H groups in total. The lowest BCUT2D eigenvalue weighted by Gasteiger charge is -2.44. The zero-order valence-electron chi connectivity index (χ0n) is 37.5. The number of hydrogen-bond donors (Lipinski definition) is 0. The van der Waals surface area contributed by atoms with Crippen LogP contribution in [-0.4, -0.2) is 90.4 Å². The first kappa shape index (κ1) is 48.4. The van der Waals surface area contributed by atoms with Crippen LogP contribution in [0.2, 0.25) is 54.4 Å². The van der Waals surface area contributed by atoms with Crippen molar-refractivity contribution in [2.24, 2.45) is 17.3 Å². The van der Waals surface area contributed by atoms with E-state index >= 15 is 0 Å². The SMILES string of the molecule is CC[Si](CC)(CC)OC1[C@@H](C)CCC[C@]2(C)[C@H](C[C@@H](C(C)=O)OC(=O)C[C@H](O[Si](CC)(CC)CC)C(C)(C)C(=O)[C@@H]1C)N2CCO[Si](C)(C)C(C)(C)C. The summed E-state index contributed by atoms with van der Waals surface area (Å²) in [6.45, 7) is 38.1. The molecule has 0 spiro atoms. The van der Waals surface area contributed by atoms with Crippen molar-refractivity contribution >= 4 is 42.5 Å². The smallest absolute Gasteiger partial charge is 0.309 e. The Labute approximate surface area is 329 Å². The van der Waals surface area contributed by atoms with E-state index in [-0.39, 0.29) is 52.5 Å². The minimum atomic E-state index is -2.25. The number of esters is 1. The molecule has 0 aromatic heterocycles. The maximum atomic E-state index is 14.9. The second-order valence-corrected chi connectivity index (χ2v) is 33.4. The number of ether oxygens (including phenoxy) is 1. The Balaban J connectivity index is 2.63. The van der Waals surface area contributed by atoms with Gasteiger partial charge in [-0.05, 0) is 87.0 Å². The van der Waals surface area contributed by atoms with Crippen molar-refractivity contribution in [3.05, 3.63) is 0 Å². The van der Waals surface area contributed by atoms with Crippen molar-refractivity contribution in [2.45, 2.75) is 220 Å². The lowest BCUT2D eigenvalue weighted by molar-refractivity contribution is -0.159. The number of nitrogens with zero attached hydrogens (tertiary/aromatic N) is 1. The Morgan fingerprint density at radius 3 is 1.87 bits per heavy atom. The molecular formula is C42H83NO7Si3. The molecule has 2 aliphatic heterocycles. The second-order valence-electron chi connectivity index (χ2n) is 19.1. The summed E-state index contributed by atoms with van der Waals surface area (Å²) in [7, 11) is -6.25. The number of hydrogen-bond acceptors (Lipinski definition) is 8. The highest BCUT2D eigenvalue weighted by molar-refractivity contribution is 6.74. The molecule has 0 aliphatic carbocycles. The average molecular weight is 798 g/mol. The summed E-state index contributed by atoms with van der Waals surface area (Å²) in [6.07, 6.45) is 1.56. The number of carbonyl (C=O) groups excluding carboxylic acids is 3. The third-order valence-electron chi connectivity index (χ3n) is 14.7. The van der Waals surface area contributed by atoms with Crippen LogP contribution >= 0.6 is 0 Å². The van der Waals surface area contributed by atoms with Crippen molar-refractivity contribution in [1.82, 2.24) is 4.90 Å². The van der Waals surface area contributed by atoms with Gasteiger partial charge < -0.3 is 18.0 Å². The molecule has 8 nitrogen and oxygen atoms in total. The van der Waals surface area contributed by atoms with Gasteiger partial charge in [-0.15, -0.1) is 0 Å². The molecule has 0 aromatic rings. The van der Waals surface area contributed by atoms with Crippen LogP contribution in [0.1, 0.15) is 136 Å². The van der Waals surface area contributed by atoms with E-state index in [1.807, 2.05) is 13.8 Å². The molecule has 2 rings (SSSR count). The summed E-state index contributed by atoms with van der Waals surface area (Å²) < 4.78 is 27.1. The van der Waals surface area contributed by atoms with Gasteiger partial charge in [-0.2, -0.15) is 0 Å². The number of carbonyl (C=O) groups is 3. The van der Waals surface area contributed by atoms with E-state index < -0.39 is 48.5 Å². The third-order valence-corrected chi connectivity index (χ3v) is 28.5. The maximum absolute atomic E-state index is 14.9. The first-order valence-electron chi connectivity index (χ1n) is 21.4. The van der Waals surface area contributed by atoms with Gasteiger partial charge in [0, 0.05) is 42.5 Å². The standard InChI is InChI=1S/C42H83NO7Si3/c1-18-52(19-2,20-3)49-36-30-37(45)48-34(33(9)44)29-35-42(15,43(35)27-28-47-51(16,17)40(10,11)12)26-24-25-31(7)38(32(8)39(46)41(36,13)14)50-53(21-4,22-5)23-6/h31-32,34-36,38H,18-30H2,1-17H3/t31-,32+,34-,35-,36-,38?,42+,43?/m0/s1. The summed E-state index contributed by atoms with van der Waals surface area (Å²) >= 11 is 0. The van der Waals surface area contributed by atoms with Crippen LogP contribution in [0.5, 0.6) is 0 Å². The quantitative estimate of drug-likeness (QED) is 0.0919. The highest BCUT2D eigenvalue weighted by Crippen LogP contribution is 2.49. The molecule has 2 heterocycles. The summed E-state index contributed by atoms with van der Waals surface area (Å²) in [6, 6.07) is 5.86. The van der Waals surface area contributed by atoms with Gasteiger partial charge >= 0.3 is 5.97 Å². The van der Waals surface area contributed by atoms with Gasteiger partial charge in [-0.25, -0.2) is 0 Å². The zero-order chi connectivity index (χ0) is 40.8. The predicted molar refractivity (Wildman–Crippen MR) is 227 cm³/mol. The summed E-state index contributed by atoms with van der Waals surface area (Å²) in [5.41, 5.74) is -1.10. The maximum Gasteiger partial charge on any atom is 0.309 e. The molecule has 53 heavy (non-hydrogen) atoms. The van der Waals surface area contributed by atoms with Crippen LogP contribution < -0.4 is 0 Å². The van der Waals surface area contributed by atoms with Crippen LogP contribution in [0.3, 0.4) is 0 Å². The molecule has 11 heteroatoms. The van der Waals surface area contributed by atoms with Crippen LogP contribution in [0.4, 0.5) is 0 Å². The molecule has 2 fully saturated rings. The van der Waals surface area contributed by atoms with Crippen LogP contribution in [0, 0.1) is 17.3 Å². The fourth-order valence-corrected chi connectivity index (χ4v) is 15.8. The van der Waals surface area contributed by atoms with Crippen molar-refractivity contribution in [1.29, 1.82) is 0 Å². The fourth-order valence-electron chi connectivity index (χ4n) is 8.74. The van der Waals surface area contributed by atoms with E-state index in [1.165, 1.54) is 6.92 Å². The van der Waals surface area contributed by atoms with Crippen LogP contribution in [0.15, 0.2) is 0 Å². The molecular weight excluding hydrogens is 715 g/mol. The molecule has 0 aromatic carbocycles.